The molecule has 0 N–H and O–H groups in total. The first kappa shape index (κ1) is 23.2. The third-order valence-electron chi connectivity index (χ3n) is 6.19. The summed E-state index contributed by atoms with van der Waals surface area (Å²) in [7, 11) is 0. The molecule has 0 radical (unpaired) electrons. The predicted octanol–water partition coefficient (Wildman–Crippen LogP) is 6.06. The second kappa shape index (κ2) is 10.1. The number of rotatable bonds is 8. The zero-order valence-electron chi connectivity index (χ0n) is 18.9. The standard InChI is InChI=1S/C24H42O4/c1-23(2,3)15-22(26)28-20-12-10-18(11-13-20)14-24(4,5)16-21(25)27-17-19-8-6-7-9-19/h18-20H,6-17H2,1-5H3. The molecule has 2 saturated carbocycles. The molecular formula is C24H42O4. The molecule has 0 bridgehead atoms. The van der Waals surface area contributed by atoms with Crippen LogP contribution in [0.3, 0.4) is 0 Å². The van der Waals surface area contributed by atoms with Gasteiger partial charge in [-0.1, -0.05) is 47.5 Å². The number of hydrogen-bond donors (Lipinski definition) is 0. The molecule has 0 aromatic rings. The van der Waals surface area contributed by atoms with Gasteiger partial charge in [-0.05, 0) is 67.6 Å². The summed E-state index contributed by atoms with van der Waals surface area (Å²) in [6.07, 6.45) is 11.1. The Kier molecular flexibility index (Phi) is 8.39. The van der Waals surface area contributed by atoms with Crippen molar-refractivity contribution < 1.29 is 19.1 Å². The maximum atomic E-state index is 12.3. The van der Waals surface area contributed by atoms with E-state index in [1.165, 1.54) is 25.7 Å². The van der Waals surface area contributed by atoms with Crippen LogP contribution in [0, 0.1) is 22.7 Å². The number of hydrogen-bond acceptors (Lipinski definition) is 4. The number of carbonyl (C=O) groups excluding carboxylic acids is 2. The summed E-state index contributed by atoms with van der Waals surface area (Å²) in [5, 5.41) is 0. The zero-order valence-corrected chi connectivity index (χ0v) is 18.9. The third kappa shape index (κ3) is 8.96. The highest BCUT2D eigenvalue weighted by Crippen LogP contribution is 2.38. The minimum atomic E-state index is -0.0683. The fourth-order valence-electron chi connectivity index (χ4n) is 4.80. The van der Waals surface area contributed by atoms with Gasteiger partial charge in [0.05, 0.1) is 19.4 Å². The maximum Gasteiger partial charge on any atom is 0.306 e. The lowest BCUT2D eigenvalue weighted by Gasteiger charge is -2.34. The molecule has 0 aromatic heterocycles. The fourth-order valence-corrected chi connectivity index (χ4v) is 4.80. The maximum absolute atomic E-state index is 12.3. The Morgan fingerprint density at radius 2 is 1.39 bits per heavy atom. The average molecular weight is 395 g/mol. The van der Waals surface area contributed by atoms with Gasteiger partial charge in [0.1, 0.15) is 6.10 Å². The normalized spacial score (nSPS) is 24.2. The first-order chi connectivity index (χ1) is 13.0. The summed E-state index contributed by atoms with van der Waals surface area (Å²) in [4.78, 5) is 24.3. The van der Waals surface area contributed by atoms with Gasteiger partial charge in [0, 0.05) is 0 Å². The van der Waals surface area contributed by atoms with Crippen LogP contribution in [0.15, 0.2) is 0 Å². The van der Waals surface area contributed by atoms with Crippen LogP contribution < -0.4 is 0 Å². The van der Waals surface area contributed by atoms with Crippen LogP contribution in [0.2, 0.25) is 0 Å². The molecule has 2 fully saturated rings. The molecule has 2 rings (SSSR count). The Hall–Kier alpha value is -1.06. The number of esters is 2. The molecule has 0 amide bonds. The average Bonchev–Trinajstić information content (AvgIpc) is 3.05. The van der Waals surface area contributed by atoms with Crippen molar-refractivity contribution in [2.45, 2.75) is 111 Å². The lowest BCUT2D eigenvalue weighted by molar-refractivity contribution is -0.153. The van der Waals surface area contributed by atoms with E-state index < -0.39 is 0 Å². The molecular weight excluding hydrogens is 352 g/mol. The van der Waals surface area contributed by atoms with Crippen molar-refractivity contribution in [2.24, 2.45) is 22.7 Å². The quantitative estimate of drug-likeness (QED) is 0.469. The Balaban J connectivity index is 1.66. The van der Waals surface area contributed by atoms with E-state index in [-0.39, 0.29) is 28.9 Å². The minimum Gasteiger partial charge on any atom is -0.465 e. The van der Waals surface area contributed by atoms with Crippen molar-refractivity contribution >= 4 is 11.9 Å². The van der Waals surface area contributed by atoms with E-state index in [0.717, 1.165) is 32.1 Å². The molecule has 0 aromatic carbocycles. The second-order valence-electron chi connectivity index (χ2n) is 11.2. The SMILES string of the molecule is CC(C)(C)CC(=O)OC1CCC(CC(C)(C)CC(=O)OCC2CCCC2)CC1. The van der Waals surface area contributed by atoms with Crippen LogP contribution in [0.25, 0.3) is 0 Å². The summed E-state index contributed by atoms with van der Waals surface area (Å²) >= 11 is 0. The van der Waals surface area contributed by atoms with Crippen LogP contribution in [0.4, 0.5) is 0 Å². The number of carbonyl (C=O) groups is 2. The molecule has 0 atom stereocenters. The minimum absolute atomic E-state index is 0.0231. The van der Waals surface area contributed by atoms with Crippen molar-refractivity contribution in [2.75, 3.05) is 6.61 Å². The van der Waals surface area contributed by atoms with E-state index in [9.17, 15) is 9.59 Å². The van der Waals surface area contributed by atoms with E-state index in [1.54, 1.807) is 0 Å². The van der Waals surface area contributed by atoms with Crippen molar-refractivity contribution in [1.82, 2.24) is 0 Å². The van der Waals surface area contributed by atoms with Crippen LogP contribution in [-0.4, -0.2) is 24.6 Å². The molecule has 162 valence electrons. The van der Waals surface area contributed by atoms with Crippen molar-refractivity contribution in [3.8, 4) is 0 Å². The highest BCUT2D eigenvalue weighted by molar-refractivity contribution is 5.70. The van der Waals surface area contributed by atoms with Gasteiger partial charge in [0.2, 0.25) is 0 Å². The number of ether oxygens (including phenoxy) is 2. The van der Waals surface area contributed by atoms with E-state index >= 15 is 0 Å². The van der Waals surface area contributed by atoms with E-state index in [0.29, 0.717) is 31.3 Å². The predicted molar refractivity (Wildman–Crippen MR) is 112 cm³/mol. The van der Waals surface area contributed by atoms with Gasteiger partial charge in [-0.15, -0.1) is 0 Å². The van der Waals surface area contributed by atoms with Crippen molar-refractivity contribution in [3.05, 3.63) is 0 Å². The van der Waals surface area contributed by atoms with Crippen LogP contribution >= 0.6 is 0 Å². The summed E-state index contributed by atoms with van der Waals surface area (Å²) in [5.41, 5.74) is -0.0577. The van der Waals surface area contributed by atoms with Crippen molar-refractivity contribution in [3.63, 3.8) is 0 Å². The van der Waals surface area contributed by atoms with Gasteiger partial charge in [-0.3, -0.25) is 9.59 Å². The largest absolute Gasteiger partial charge is 0.465 e. The molecule has 0 saturated heterocycles. The summed E-state index contributed by atoms with van der Waals surface area (Å²) < 4.78 is 11.2. The van der Waals surface area contributed by atoms with Crippen LogP contribution in [0.1, 0.15) is 105 Å². The first-order valence-corrected chi connectivity index (χ1v) is 11.4. The summed E-state index contributed by atoms with van der Waals surface area (Å²) in [5.74, 6) is 1.08. The van der Waals surface area contributed by atoms with E-state index in [4.69, 9.17) is 9.47 Å². The Labute approximate surface area is 172 Å². The van der Waals surface area contributed by atoms with Gasteiger partial charge < -0.3 is 9.47 Å². The Morgan fingerprint density at radius 1 is 0.786 bits per heavy atom. The lowest BCUT2D eigenvalue weighted by Crippen LogP contribution is -2.29. The molecule has 28 heavy (non-hydrogen) atoms. The molecule has 0 unspecified atom stereocenters. The zero-order chi connectivity index (χ0) is 20.8. The van der Waals surface area contributed by atoms with Crippen LogP contribution in [-0.2, 0) is 19.1 Å². The van der Waals surface area contributed by atoms with E-state index in [2.05, 4.69) is 34.6 Å². The van der Waals surface area contributed by atoms with Crippen molar-refractivity contribution in [1.29, 1.82) is 0 Å². The second-order valence-corrected chi connectivity index (χ2v) is 11.2. The summed E-state index contributed by atoms with van der Waals surface area (Å²) in [6.45, 7) is 11.2. The molecule has 2 aliphatic carbocycles. The van der Waals surface area contributed by atoms with E-state index in [1.807, 2.05) is 0 Å². The van der Waals surface area contributed by atoms with Gasteiger partial charge in [-0.2, -0.15) is 0 Å². The molecule has 2 aliphatic rings. The van der Waals surface area contributed by atoms with Gasteiger partial charge in [0.15, 0.2) is 0 Å². The lowest BCUT2D eigenvalue weighted by atomic mass is 9.74. The molecule has 4 nitrogen and oxygen atoms in total. The first-order valence-electron chi connectivity index (χ1n) is 11.4. The van der Waals surface area contributed by atoms with Gasteiger partial charge in [-0.25, -0.2) is 0 Å². The topological polar surface area (TPSA) is 52.6 Å². The molecule has 0 spiro atoms. The monoisotopic (exact) mass is 394 g/mol. The highest BCUT2D eigenvalue weighted by Gasteiger charge is 2.31. The third-order valence-corrected chi connectivity index (χ3v) is 6.19. The van der Waals surface area contributed by atoms with Crippen LogP contribution in [0.5, 0.6) is 0 Å². The van der Waals surface area contributed by atoms with Gasteiger partial charge in [0.25, 0.3) is 0 Å². The Morgan fingerprint density at radius 3 is 1.96 bits per heavy atom. The van der Waals surface area contributed by atoms with Gasteiger partial charge >= 0.3 is 11.9 Å². The highest BCUT2D eigenvalue weighted by atomic mass is 16.5. The Bertz CT molecular complexity index is 503. The summed E-state index contributed by atoms with van der Waals surface area (Å²) in [6, 6.07) is 0. The molecule has 0 aliphatic heterocycles. The molecule has 4 heteroatoms. The molecule has 0 heterocycles. The smallest absolute Gasteiger partial charge is 0.306 e. The fraction of sp³-hybridized carbons (Fsp3) is 0.917.